The fourth-order valence-corrected chi connectivity index (χ4v) is 3.63. The molecule has 1 aromatic carbocycles. The molecule has 1 aliphatic rings. The molecule has 1 N–H and O–H groups in total. The molecule has 0 fully saturated rings. The van der Waals surface area contributed by atoms with Crippen molar-refractivity contribution < 1.29 is 4.74 Å². The third kappa shape index (κ3) is 2.37. The third-order valence-corrected chi connectivity index (χ3v) is 4.87. The minimum atomic E-state index is 0.0972. The molecule has 0 aliphatic carbocycles. The first-order valence-corrected chi connectivity index (χ1v) is 7.63. The van der Waals surface area contributed by atoms with E-state index in [2.05, 4.69) is 48.6 Å². The number of nitrogens with one attached hydrogen (secondary N) is 1. The topological polar surface area (TPSA) is 21.3 Å². The van der Waals surface area contributed by atoms with E-state index in [9.17, 15) is 0 Å². The Morgan fingerprint density at radius 1 is 1.24 bits per heavy atom. The Labute approximate surface area is 120 Å². The summed E-state index contributed by atoms with van der Waals surface area (Å²) in [5, 5.41) is 5.48. The Kier molecular flexibility index (Phi) is 3.15. The van der Waals surface area contributed by atoms with Crippen LogP contribution in [0.5, 0.6) is 5.75 Å². The highest BCUT2D eigenvalue weighted by atomic mass is 79.9. The van der Waals surface area contributed by atoms with Gasteiger partial charge in [-0.05, 0) is 40.2 Å². The number of hydrogen-bond donors (Lipinski definition) is 1. The highest BCUT2D eigenvalue weighted by Gasteiger charge is 2.22. The van der Waals surface area contributed by atoms with Gasteiger partial charge in [-0.1, -0.05) is 15.9 Å². The van der Waals surface area contributed by atoms with E-state index in [1.807, 2.05) is 18.2 Å². The molecule has 2 nitrogen and oxygen atoms in total. The summed E-state index contributed by atoms with van der Waals surface area (Å²) < 4.78 is 8.17. The lowest BCUT2D eigenvalue weighted by molar-refractivity contribution is 0.214. The Hall–Kier alpha value is -0.520. The Balaban J connectivity index is 1.88. The maximum absolute atomic E-state index is 5.99. The SMILES string of the molecule is Brc1csc(C2CNc3cc(Br)ccc3O2)c1. The first kappa shape index (κ1) is 11.6. The van der Waals surface area contributed by atoms with Crippen molar-refractivity contribution >= 4 is 48.9 Å². The second-order valence-corrected chi connectivity index (χ2v) is 6.57. The van der Waals surface area contributed by atoms with Crippen LogP contribution < -0.4 is 10.1 Å². The van der Waals surface area contributed by atoms with Crippen LogP contribution in [-0.2, 0) is 0 Å². The normalized spacial score (nSPS) is 18.1. The van der Waals surface area contributed by atoms with Crippen molar-refractivity contribution in [3.05, 3.63) is 43.5 Å². The maximum Gasteiger partial charge on any atom is 0.150 e. The lowest BCUT2D eigenvalue weighted by Crippen LogP contribution is -2.22. The summed E-state index contributed by atoms with van der Waals surface area (Å²) in [6.07, 6.45) is 0.0972. The molecule has 0 bridgehead atoms. The van der Waals surface area contributed by atoms with E-state index in [-0.39, 0.29) is 6.10 Å². The number of halogens is 2. The third-order valence-electron chi connectivity index (χ3n) is 2.59. The molecular weight excluding hydrogens is 366 g/mol. The van der Waals surface area contributed by atoms with Crippen molar-refractivity contribution in [1.29, 1.82) is 0 Å². The van der Waals surface area contributed by atoms with E-state index in [0.29, 0.717) is 0 Å². The molecule has 2 aromatic rings. The summed E-state index contributed by atoms with van der Waals surface area (Å²) in [5.74, 6) is 0.911. The van der Waals surface area contributed by atoms with Gasteiger partial charge in [0.2, 0.25) is 0 Å². The summed E-state index contributed by atoms with van der Waals surface area (Å²) in [6, 6.07) is 8.13. The molecule has 0 saturated heterocycles. The zero-order valence-electron chi connectivity index (χ0n) is 8.74. The molecule has 1 unspecified atom stereocenters. The van der Waals surface area contributed by atoms with E-state index >= 15 is 0 Å². The summed E-state index contributed by atoms with van der Waals surface area (Å²) in [4.78, 5) is 1.23. The Morgan fingerprint density at radius 3 is 2.88 bits per heavy atom. The standard InChI is InChI=1S/C12H9Br2NOS/c13-7-1-2-10-9(3-7)15-5-11(16-10)12-4-8(14)6-17-12/h1-4,6,11,15H,5H2. The van der Waals surface area contributed by atoms with Crippen LogP contribution in [0.4, 0.5) is 5.69 Å². The van der Waals surface area contributed by atoms with Gasteiger partial charge in [0.25, 0.3) is 0 Å². The molecule has 2 heterocycles. The molecule has 0 saturated carbocycles. The summed E-state index contributed by atoms with van der Waals surface area (Å²) in [7, 11) is 0. The van der Waals surface area contributed by atoms with Crippen molar-refractivity contribution in [2.24, 2.45) is 0 Å². The highest BCUT2D eigenvalue weighted by Crippen LogP contribution is 2.37. The van der Waals surface area contributed by atoms with Crippen molar-refractivity contribution in [2.75, 3.05) is 11.9 Å². The van der Waals surface area contributed by atoms with Gasteiger partial charge in [-0.3, -0.25) is 0 Å². The summed E-state index contributed by atoms with van der Waals surface area (Å²) in [5.41, 5.74) is 1.05. The summed E-state index contributed by atoms with van der Waals surface area (Å²) >= 11 is 8.64. The van der Waals surface area contributed by atoms with Gasteiger partial charge in [0, 0.05) is 19.2 Å². The molecule has 5 heteroatoms. The molecular formula is C12H9Br2NOS. The van der Waals surface area contributed by atoms with E-state index < -0.39 is 0 Å². The van der Waals surface area contributed by atoms with Gasteiger partial charge in [0.05, 0.1) is 12.2 Å². The van der Waals surface area contributed by atoms with E-state index in [4.69, 9.17) is 4.74 Å². The molecule has 0 radical (unpaired) electrons. The van der Waals surface area contributed by atoms with Crippen LogP contribution in [0.3, 0.4) is 0 Å². The van der Waals surface area contributed by atoms with Crippen molar-refractivity contribution in [3.63, 3.8) is 0 Å². The number of rotatable bonds is 1. The van der Waals surface area contributed by atoms with Crippen LogP contribution >= 0.6 is 43.2 Å². The molecule has 88 valence electrons. The molecule has 1 aromatic heterocycles. The molecule has 0 amide bonds. The second kappa shape index (κ2) is 4.63. The molecule has 17 heavy (non-hydrogen) atoms. The number of hydrogen-bond acceptors (Lipinski definition) is 3. The lowest BCUT2D eigenvalue weighted by atomic mass is 10.2. The van der Waals surface area contributed by atoms with Crippen LogP contribution in [0.2, 0.25) is 0 Å². The number of ether oxygens (including phenoxy) is 1. The largest absolute Gasteiger partial charge is 0.481 e. The van der Waals surface area contributed by atoms with E-state index in [1.54, 1.807) is 11.3 Å². The minimum absolute atomic E-state index is 0.0972. The maximum atomic E-state index is 5.99. The highest BCUT2D eigenvalue weighted by molar-refractivity contribution is 9.10. The summed E-state index contributed by atoms with van der Waals surface area (Å²) in [6.45, 7) is 0.802. The predicted molar refractivity (Wildman–Crippen MR) is 78.0 cm³/mol. The first-order valence-electron chi connectivity index (χ1n) is 5.16. The predicted octanol–water partition coefficient (Wildman–Crippen LogP) is 4.82. The Morgan fingerprint density at radius 2 is 2.12 bits per heavy atom. The first-order chi connectivity index (χ1) is 8.22. The average molecular weight is 375 g/mol. The fourth-order valence-electron chi connectivity index (χ4n) is 1.80. The fraction of sp³-hybridized carbons (Fsp3) is 0.167. The number of thiophene rings is 1. The van der Waals surface area contributed by atoms with E-state index in [1.165, 1.54) is 4.88 Å². The molecule has 0 spiro atoms. The van der Waals surface area contributed by atoms with Crippen LogP contribution in [0.1, 0.15) is 11.0 Å². The molecule has 1 atom stereocenters. The smallest absolute Gasteiger partial charge is 0.150 e. The van der Waals surface area contributed by atoms with Crippen LogP contribution in [0.25, 0.3) is 0 Å². The van der Waals surface area contributed by atoms with Crippen LogP contribution in [0, 0.1) is 0 Å². The Bertz CT molecular complexity index is 555. The van der Waals surface area contributed by atoms with Gasteiger partial charge in [-0.2, -0.15) is 0 Å². The van der Waals surface area contributed by atoms with Crippen molar-refractivity contribution in [3.8, 4) is 5.75 Å². The minimum Gasteiger partial charge on any atom is -0.481 e. The zero-order chi connectivity index (χ0) is 11.8. The van der Waals surface area contributed by atoms with Crippen molar-refractivity contribution in [2.45, 2.75) is 6.10 Å². The van der Waals surface area contributed by atoms with Crippen LogP contribution in [-0.4, -0.2) is 6.54 Å². The van der Waals surface area contributed by atoms with E-state index in [0.717, 1.165) is 26.9 Å². The average Bonchev–Trinajstić information content (AvgIpc) is 2.75. The monoisotopic (exact) mass is 373 g/mol. The van der Waals surface area contributed by atoms with Crippen LogP contribution in [0.15, 0.2) is 38.6 Å². The van der Waals surface area contributed by atoms with Gasteiger partial charge < -0.3 is 10.1 Å². The number of anilines is 1. The lowest BCUT2D eigenvalue weighted by Gasteiger charge is -2.26. The number of fused-ring (bicyclic) bond motifs is 1. The number of benzene rings is 1. The molecule has 1 aliphatic heterocycles. The van der Waals surface area contributed by atoms with Gasteiger partial charge in [0.15, 0.2) is 6.10 Å². The van der Waals surface area contributed by atoms with Gasteiger partial charge in [-0.15, -0.1) is 11.3 Å². The quantitative estimate of drug-likeness (QED) is 0.772. The van der Waals surface area contributed by atoms with Crippen molar-refractivity contribution in [1.82, 2.24) is 0 Å². The molecule has 3 rings (SSSR count). The van der Waals surface area contributed by atoms with Gasteiger partial charge >= 0.3 is 0 Å². The van der Waals surface area contributed by atoms with Gasteiger partial charge in [0.1, 0.15) is 5.75 Å². The zero-order valence-corrected chi connectivity index (χ0v) is 12.7. The second-order valence-electron chi connectivity index (χ2n) is 3.80. The van der Waals surface area contributed by atoms with Gasteiger partial charge in [-0.25, -0.2) is 0 Å².